The second-order valence-electron chi connectivity index (χ2n) is 6.87. The fourth-order valence-corrected chi connectivity index (χ4v) is 3.16. The molecule has 2 N–H and O–H groups in total. The fourth-order valence-electron chi connectivity index (χ4n) is 3.16. The van der Waals surface area contributed by atoms with Crippen molar-refractivity contribution in [1.82, 2.24) is 39.2 Å². The molecule has 0 bridgehead atoms. The summed E-state index contributed by atoms with van der Waals surface area (Å²) in [6, 6.07) is 7.23. The molecular formula is C19H20N8O4. The number of amides is 1. The zero-order chi connectivity index (χ0) is 22.1. The number of H-pyrrole nitrogens is 1. The Morgan fingerprint density at radius 1 is 1.19 bits per heavy atom. The molecule has 0 radical (unpaired) electrons. The highest BCUT2D eigenvalue weighted by Crippen LogP contribution is 2.18. The lowest BCUT2D eigenvalue weighted by Gasteiger charge is -2.08. The molecule has 0 unspecified atom stereocenters. The first-order valence-corrected chi connectivity index (χ1v) is 9.32. The maximum Gasteiger partial charge on any atom is 0.332 e. The Kier molecular flexibility index (Phi) is 5.11. The van der Waals surface area contributed by atoms with Crippen molar-refractivity contribution in [2.45, 2.75) is 13.1 Å². The summed E-state index contributed by atoms with van der Waals surface area (Å²) < 4.78 is 8.75. The Bertz CT molecular complexity index is 1380. The van der Waals surface area contributed by atoms with Gasteiger partial charge in [0.1, 0.15) is 18.1 Å². The van der Waals surface area contributed by atoms with Crippen LogP contribution in [0.4, 0.5) is 0 Å². The molecule has 4 rings (SSSR count). The van der Waals surface area contributed by atoms with Gasteiger partial charge in [-0.15, -0.1) is 0 Å². The number of nitrogens with zero attached hydrogens (tertiary/aromatic N) is 6. The molecule has 0 saturated carbocycles. The molecule has 4 aromatic rings. The Hall–Kier alpha value is -4.22. The van der Waals surface area contributed by atoms with Crippen molar-refractivity contribution >= 4 is 17.1 Å². The van der Waals surface area contributed by atoms with Gasteiger partial charge in [0.25, 0.3) is 5.56 Å². The number of hydrogen-bond acceptors (Lipinski definition) is 7. The van der Waals surface area contributed by atoms with Gasteiger partial charge in [0, 0.05) is 19.7 Å². The summed E-state index contributed by atoms with van der Waals surface area (Å²) in [6.07, 6.45) is 1.44. The van der Waals surface area contributed by atoms with Crippen LogP contribution in [0.15, 0.2) is 40.2 Å². The van der Waals surface area contributed by atoms with Crippen LogP contribution in [0, 0.1) is 0 Å². The summed E-state index contributed by atoms with van der Waals surface area (Å²) in [7, 11) is 4.73. The van der Waals surface area contributed by atoms with Gasteiger partial charge in [0.05, 0.1) is 20.0 Å². The van der Waals surface area contributed by atoms with Crippen LogP contribution in [0.5, 0.6) is 5.75 Å². The summed E-state index contributed by atoms with van der Waals surface area (Å²) in [5, 5.41) is 9.53. The van der Waals surface area contributed by atoms with Crippen LogP contribution >= 0.6 is 0 Å². The van der Waals surface area contributed by atoms with Crippen LogP contribution in [0.3, 0.4) is 0 Å². The van der Waals surface area contributed by atoms with E-state index in [-0.39, 0.29) is 17.7 Å². The number of aromatic amines is 1. The molecule has 0 fully saturated rings. The van der Waals surface area contributed by atoms with Gasteiger partial charge < -0.3 is 14.6 Å². The van der Waals surface area contributed by atoms with Crippen molar-refractivity contribution in [3.8, 4) is 17.1 Å². The average Bonchev–Trinajstić information content (AvgIpc) is 3.41. The lowest BCUT2D eigenvalue weighted by Crippen LogP contribution is -2.43. The molecule has 0 spiro atoms. The van der Waals surface area contributed by atoms with E-state index in [0.29, 0.717) is 11.6 Å². The molecule has 0 atom stereocenters. The molecule has 31 heavy (non-hydrogen) atoms. The molecular weight excluding hydrogens is 404 g/mol. The minimum absolute atomic E-state index is 0.0605. The van der Waals surface area contributed by atoms with E-state index < -0.39 is 23.7 Å². The minimum atomic E-state index is -0.618. The summed E-state index contributed by atoms with van der Waals surface area (Å²) in [5.41, 5.74) is 0.104. The summed E-state index contributed by atoms with van der Waals surface area (Å²) in [6.45, 7) is -0.364. The highest BCUT2D eigenvalue weighted by atomic mass is 16.5. The van der Waals surface area contributed by atoms with Gasteiger partial charge in [-0.25, -0.2) is 19.3 Å². The average molecular weight is 424 g/mol. The van der Waals surface area contributed by atoms with Gasteiger partial charge in [-0.1, -0.05) is 0 Å². The van der Waals surface area contributed by atoms with Crippen LogP contribution in [0.2, 0.25) is 0 Å². The van der Waals surface area contributed by atoms with Crippen LogP contribution < -0.4 is 21.3 Å². The first-order valence-electron chi connectivity index (χ1n) is 9.32. The van der Waals surface area contributed by atoms with E-state index >= 15 is 0 Å². The third-order valence-corrected chi connectivity index (χ3v) is 4.84. The highest BCUT2D eigenvalue weighted by Gasteiger charge is 2.17. The maximum absolute atomic E-state index is 12.7. The first-order chi connectivity index (χ1) is 14.9. The van der Waals surface area contributed by atoms with E-state index in [4.69, 9.17) is 4.74 Å². The SMILES string of the molecule is COc1ccc(-c2n[nH]c(CNC(=O)Cn3c(=O)c4c(ncn4C)n(C)c3=O)n2)cc1. The van der Waals surface area contributed by atoms with E-state index in [1.807, 2.05) is 12.1 Å². The van der Waals surface area contributed by atoms with Crippen LogP contribution in [0.25, 0.3) is 22.6 Å². The van der Waals surface area contributed by atoms with Gasteiger partial charge in [-0.3, -0.25) is 19.3 Å². The number of aryl methyl sites for hydroxylation is 2. The highest BCUT2D eigenvalue weighted by molar-refractivity contribution is 5.76. The predicted molar refractivity (Wildman–Crippen MR) is 110 cm³/mol. The Labute approximate surface area is 175 Å². The van der Waals surface area contributed by atoms with Crippen molar-refractivity contribution in [1.29, 1.82) is 0 Å². The smallest absolute Gasteiger partial charge is 0.332 e. The van der Waals surface area contributed by atoms with E-state index in [1.54, 1.807) is 26.3 Å². The first kappa shape index (κ1) is 20.1. The third kappa shape index (κ3) is 3.70. The molecule has 12 heteroatoms. The molecule has 1 amide bonds. The second kappa shape index (κ2) is 7.89. The Morgan fingerprint density at radius 2 is 1.94 bits per heavy atom. The van der Waals surface area contributed by atoms with Crippen molar-refractivity contribution in [2.75, 3.05) is 7.11 Å². The Morgan fingerprint density at radius 3 is 2.65 bits per heavy atom. The molecule has 160 valence electrons. The zero-order valence-electron chi connectivity index (χ0n) is 17.1. The largest absolute Gasteiger partial charge is 0.497 e. The fraction of sp³-hybridized carbons (Fsp3) is 0.263. The van der Waals surface area contributed by atoms with Crippen molar-refractivity contribution in [3.63, 3.8) is 0 Å². The molecule has 0 aliphatic carbocycles. The van der Waals surface area contributed by atoms with Gasteiger partial charge in [0.15, 0.2) is 17.0 Å². The van der Waals surface area contributed by atoms with Crippen LogP contribution in [-0.2, 0) is 32.0 Å². The molecule has 3 aromatic heterocycles. The Balaban J connectivity index is 1.47. The van der Waals surface area contributed by atoms with Crippen LogP contribution in [-0.4, -0.2) is 46.9 Å². The number of aromatic nitrogens is 7. The number of hydrogen-bond donors (Lipinski definition) is 2. The van der Waals surface area contributed by atoms with E-state index in [9.17, 15) is 14.4 Å². The van der Waals surface area contributed by atoms with Gasteiger partial charge >= 0.3 is 5.69 Å². The summed E-state index contributed by atoms with van der Waals surface area (Å²) >= 11 is 0. The number of methoxy groups -OCH3 is 1. The van der Waals surface area contributed by atoms with Crippen molar-refractivity contribution in [3.05, 3.63) is 57.3 Å². The number of ether oxygens (including phenoxy) is 1. The van der Waals surface area contributed by atoms with E-state index in [0.717, 1.165) is 15.9 Å². The number of benzene rings is 1. The number of fused-ring (bicyclic) bond motifs is 1. The number of carbonyl (C=O) groups excluding carboxylic acids is 1. The standard InChI is InChI=1S/C19H20N8O4/c1-25-10-21-17-15(25)18(29)27(19(30)26(17)2)9-14(28)20-8-13-22-16(24-23-13)11-4-6-12(31-3)7-5-11/h4-7,10H,8-9H2,1-3H3,(H,20,28)(H,22,23,24). The zero-order valence-corrected chi connectivity index (χ0v) is 17.1. The van der Waals surface area contributed by atoms with Crippen LogP contribution in [0.1, 0.15) is 5.82 Å². The van der Waals surface area contributed by atoms with E-state index in [2.05, 4.69) is 25.5 Å². The molecule has 0 aliphatic rings. The lowest BCUT2D eigenvalue weighted by atomic mass is 10.2. The van der Waals surface area contributed by atoms with Gasteiger partial charge in [-0.05, 0) is 24.3 Å². The lowest BCUT2D eigenvalue weighted by molar-refractivity contribution is -0.122. The molecule has 1 aromatic carbocycles. The van der Waals surface area contributed by atoms with Gasteiger partial charge in [0.2, 0.25) is 5.91 Å². The molecule has 12 nitrogen and oxygen atoms in total. The quantitative estimate of drug-likeness (QED) is 0.427. The second-order valence-corrected chi connectivity index (χ2v) is 6.87. The number of imidazole rings is 1. The van der Waals surface area contributed by atoms with Gasteiger partial charge in [-0.2, -0.15) is 5.10 Å². The maximum atomic E-state index is 12.7. The number of rotatable bonds is 6. The minimum Gasteiger partial charge on any atom is -0.497 e. The third-order valence-electron chi connectivity index (χ3n) is 4.84. The summed E-state index contributed by atoms with van der Waals surface area (Å²) in [4.78, 5) is 45.9. The van der Waals surface area contributed by atoms with Crippen molar-refractivity contribution < 1.29 is 9.53 Å². The van der Waals surface area contributed by atoms with E-state index in [1.165, 1.54) is 22.5 Å². The molecule has 3 heterocycles. The monoisotopic (exact) mass is 424 g/mol. The topological polar surface area (TPSA) is 142 Å². The number of carbonyl (C=O) groups is 1. The predicted octanol–water partition coefficient (Wildman–Crippen LogP) is -0.456. The molecule has 0 aliphatic heterocycles. The summed E-state index contributed by atoms with van der Waals surface area (Å²) in [5.74, 6) is 1.11. The van der Waals surface area contributed by atoms with Crippen molar-refractivity contribution in [2.24, 2.45) is 14.1 Å². The molecule has 0 saturated heterocycles. The number of nitrogens with one attached hydrogen (secondary N) is 2. The normalized spacial score (nSPS) is 11.1.